The molecule has 0 atom stereocenters. The van der Waals surface area contributed by atoms with Gasteiger partial charge in [0.25, 0.3) is 0 Å². The van der Waals surface area contributed by atoms with Crippen LogP contribution in [0.2, 0.25) is 0 Å². The van der Waals surface area contributed by atoms with Crippen LogP contribution in [0.5, 0.6) is 0 Å². The van der Waals surface area contributed by atoms with Crippen LogP contribution in [-0.4, -0.2) is 12.8 Å². The highest BCUT2D eigenvalue weighted by Crippen LogP contribution is 2.03. The minimum absolute atomic E-state index is 0.205. The fraction of sp³-hybridized carbons (Fsp3) is 0.400. The average Bonchev–Trinajstić information content (AvgIpc) is 1.80. The molecule has 2 nitrogen and oxygen atoms in total. The smallest absolute Gasteiger partial charge is 0.108 e. The summed E-state index contributed by atoms with van der Waals surface area (Å²) in [4.78, 5) is 0. The Bertz CT molecular complexity index is 116. The molecule has 0 unspecified atom stereocenters. The summed E-state index contributed by atoms with van der Waals surface area (Å²) in [5.41, 5.74) is 2.71. The molecule has 52 valence electrons. The SMILES string of the molecule is CCNN=CC=C(Cl)Cl. The van der Waals surface area contributed by atoms with Gasteiger partial charge < -0.3 is 5.43 Å². The molecule has 0 aliphatic rings. The lowest BCUT2D eigenvalue weighted by atomic mass is 10.7. The van der Waals surface area contributed by atoms with E-state index in [1.807, 2.05) is 6.92 Å². The second kappa shape index (κ2) is 5.92. The summed E-state index contributed by atoms with van der Waals surface area (Å²) in [7, 11) is 0. The first kappa shape index (κ1) is 8.79. The summed E-state index contributed by atoms with van der Waals surface area (Å²) in [6, 6.07) is 0. The van der Waals surface area contributed by atoms with E-state index in [4.69, 9.17) is 23.2 Å². The molecule has 0 heterocycles. The minimum atomic E-state index is 0.205. The van der Waals surface area contributed by atoms with Crippen LogP contribution in [0, 0.1) is 0 Å². The van der Waals surface area contributed by atoms with Gasteiger partial charge in [-0.15, -0.1) is 0 Å². The summed E-state index contributed by atoms with van der Waals surface area (Å²) >= 11 is 10.5. The van der Waals surface area contributed by atoms with Crippen LogP contribution in [0.1, 0.15) is 6.92 Å². The van der Waals surface area contributed by atoms with E-state index < -0.39 is 0 Å². The normalized spacial score (nSPS) is 9.67. The van der Waals surface area contributed by atoms with E-state index in [1.165, 1.54) is 12.3 Å². The molecular formula is C5H8Cl2N2. The van der Waals surface area contributed by atoms with Crippen molar-refractivity contribution in [2.75, 3.05) is 6.54 Å². The summed E-state index contributed by atoms with van der Waals surface area (Å²) in [6.45, 7) is 2.74. The van der Waals surface area contributed by atoms with Crippen LogP contribution in [0.3, 0.4) is 0 Å². The van der Waals surface area contributed by atoms with Crippen LogP contribution >= 0.6 is 23.2 Å². The molecular weight excluding hydrogens is 159 g/mol. The standard InChI is InChI=1S/C5H8Cl2N2/c1-2-8-9-4-3-5(6)7/h3-4,8H,2H2,1H3. The molecule has 0 aliphatic heterocycles. The Morgan fingerprint density at radius 2 is 2.33 bits per heavy atom. The third-order valence-electron chi connectivity index (χ3n) is 0.524. The molecule has 1 N–H and O–H groups in total. The van der Waals surface area contributed by atoms with Crippen LogP contribution in [0.25, 0.3) is 0 Å². The Labute approximate surface area is 64.5 Å². The van der Waals surface area contributed by atoms with E-state index in [0.29, 0.717) is 0 Å². The van der Waals surface area contributed by atoms with Crippen molar-refractivity contribution in [2.45, 2.75) is 6.92 Å². The lowest BCUT2D eigenvalue weighted by molar-refractivity contribution is 0.788. The largest absolute Gasteiger partial charge is 0.310 e. The first-order valence-corrected chi connectivity index (χ1v) is 3.30. The average molecular weight is 167 g/mol. The number of allylic oxidation sites excluding steroid dienone is 1. The lowest BCUT2D eigenvalue weighted by Gasteiger charge is -1.86. The van der Waals surface area contributed by atoms with E-state index in [1.54, 1.807) is 0 Å². The second-order valence-electron chi connectivity index (χ2n) is 1.25. The third-order valence-corrected chi connectivity index (χ3v) is 0.776. The van der Waals surface area contributed by atoms with Gasteiger partial charge in [-0.05, 0) is 13.0 Å². The number of halogens is 2. The predicted molar refractivity (Wildman–Crippen MR) is 42.0 cm³/mol. The zero-order valence-electron chi connectivity index (χ0n) is 5.06. The van der Waals surface area contributed by atoms with E-state index in [2.05, 4.69) is 10.5 Å². The summed E-state index contributed by atoms with van der Waals surface area (Å²) in [5.74, 6) is 0. The zero-order valence-corrected chi connectivity index (χ0v) is 6.58. The topological polar surface area (TPSA) is 24.4 Å². The van der Waals surface area contributed by atoms with E-state index in [-0.39, 0.29) is 4.49 Å². The molecule has 0 fully saturated rings. The Balaban J connectivity index is 3.35. The molecule has 0 saturated carbocycles. The highest BCUT2D eigenvalue weighted by atomic mass is 35.5. The van der Waals surface area contributed by atoms with Gasteiger partial charge in [-0.25, -0.2) is 0 Å². The first-order chi connectivity index (χ1) is 4.27. The molecule has 0 aromatic rings. The molecule has 0 aromatic heterocycles. The fourth-order valence-electron chi connectivity index (χ4n) is 0.238. The Morgan fingerprint density at radius 1 is 1.67 bits per heavy atom. The van der Waals surface area contributed by atoms with Crippen molar-refractivity contribution in [1.29, 1.82) is 0 Å². The van der Waals surface area contributed by atoms with Crippen molar-refractivity contribution < 1.29 is 0 Å². The van der Waals surface area contributed by atoms with Crippen LogP contribution < -0.4 is 5.43 Å². The predicted octanol–water partition coefficient (Wildman–Crippen LogP) is 1.90. The fourth-order valence-corrected chi connectivity index (χ4v) is 0.350. The maximum absolute atomic E-state index is 5.26. The summed E-state index contributed by atoms with van der Waals surface area (Å²) in [5, 5.41) is 3.71. The van der Waals surface area contributed by atoms with Gasteiger partial charge in [0, 0.05) is 12.8 Å². The number of nitrogens with one attached hydrogen (secondary N) is 1. The van der Waals surface area contributed by atoms with Gasteiger partial charge in [-0.1, -0.05) is 23.2 Å². The highest BCUT2D eigenvalue weighted by molar-refractivity contribution is 6.56. The van der Waals surface area contributed by atoms with Gasteiger partial charge in [0.05, 0.1) is 0 Å². The third kappa shape index (κ3) is 7.79. The quantitative estimate of drug-likeness (QED) is 0.503. The van der Waals surface area contributed by atoms with Gasteiger partial charge in [0.2, 0.25) is 0 Å². The van der Waals surface area contributed by atoms with Crippen molar-refractivity contribution in [3.05, 3.63) is 10.6 Å². The maximum Gasteiger partial charge on any atom is 0.108 e. The molecule has 0 amide bonds. The van der Waals surface area contributed by atoms with Crippen molar-refractivity contribution >= 4 is 29.4 Å². The van der Waals surface area contributed by atoms with Gasteiger partial charge >= 0.3 is 0 Å². The van der Waals surface area contributed by atoms with Crippen molar-refractivity contribution in [1.82, 2.24) is 5.43 Å². The van der Waals surface area contributed by atoms with Crippen molar-refractivity contribution in [2.24, 2.45) is 5.10 Å². The number of hydrazone groups is 1. The molecule has 0 saturated heterocycles. The molecule has 0 bridgehead atoms. The van der Waals surface area contributed by atoms with E-state index in [0.717, 1.165) is 6.54 Å². The van der Waals surface area contributed by atoms with Crippen LogP contribution in [-0.2, 0) is 0 Å². The van der Waals surface area contributed by atoms with Gasteiger partial charge in [0.15, 0.2) is 0 Å². The number of rotatable bonds is 3. The number of hydrogen-bond acceptors (Lipinski definition) is 2. The van der Waals surface area contributed by atoms with Gasteiger partial charge in [-0.2, -0.15) is 5.10 Å². The van der Waals surface area contributed by atoms with Crippen molar-refractivity contribution in [3.63, 3.8) is 0 Å². The van der Waals surface area contributed by atoms with Gasteiger partial charge in [0.1, 0.15) is 4.49 Å². The van der Waals surface area contributed by atoms with Gasteiger partial charge in [-0.3, -0.25) is 0 Å². The molecule has 0 rings (SSSR count). The number of nitrogens with zero attached hydrogens (tertiary/aromatic N) is 1. The Hall–Kier alpha value is -0.210. The first-order valence-electron chi connectivity index (χ1n) is 2.54. The molecule has 9 heavy (non-hydrogen) atoms. The molecule has 0 aliphatic carbocycles. The molecule has 0 radical (unpaired) electrons. The minimum Gasteiger partial charge on any atom is -0.310 e. The molecule has 0 spiro atoms. The van der Waals surface area contributed by atoms with Crippen LogP contribution in [0.4, 0.5) is 0 Å². The number of hydrogen-bond donors (Lipinski definition) is 1. The molecule has 4 heteroatoms. The summed E-state index contributed by atoms with van der Waals surface area (Å²) < 4.78 is 0.205. The van der Waals surface area contributed by atoms with Crippen molar-refractivity contribution in [3.8, 4) is 0 Å². The zero-order chi connectivity index (χ0) is 7.11. The monoisotopic (exact) mass is 166 g/mol. The van der Waals surface area contributed by atoms with E-state index in [9.17, 15) is 0 Å². The Kier molecular flexibility index (Phi) is 5.78. The maximum atomic E-state index is 5.26. The van der Waals surface area contributed by atoms with Crippen LogP contribution in [0.15, 0.2) is 15.7 Å². The lowest BCUT2D eigenvalue weighted by Crippen LogP contribution is -2.01. The Morgan fingerprint density at radius 3 is 2.78 bits per heavy atom. The molecule has 0 aromatic carbocycles. The highest BCUT2D eigenvalue weighted by Gasteiger charge is 1.75. The summed E-state index contributed by atoms with van der Waals surface area (Å²) in [6.07, 6.45) is 2.99. The van der Waals surface area contributed by atoms with E-state index >= 15 is 0 Å². The second-order valence-corrected chi connectivity index (χ2v) is 2.25.